The van der Waals surface area contributed by atoms with Gasteiger partial charge in [0.2, 0.25) is 5.91 Å². The summed E-state index contributed by atoms with van der Waals surface area (Å²) < 4.78 is 0. The van der Waals surface area contributed by atoms with Gasteiger partial charge in [-0.1, -0.05) is 18.2 Å². The molecular formula is C16H27Cl2N3O. The van der Waals surface area contributed by atoms with E-state index in [1.54, 1.807) is 0 Å². The molecule has 1 atom stereocenters. The summed E-state index contributed by atoms with van der Waals surface area (Å²) in [5.41, 5.74) is 0.755. The second-order valence-electron chi connectivity index (χ2n) is 5.62. The van der Waals surface area contributed by atoms with Crippen molar-refractivity contribution >= 4 is 36.4 Å². The van der Waals surface area contributed by atoms with Gasteiger partial charge in [0, 0.05) is 18.8 Å². The topological polar surface area (TPSA) is 53.2 Å². The molecule has 1 fully saturated rings. The Morgan fingerprint density at radius 2 is 1.91 bits per heavy atom. The van der Waals surface area contributed by atoms with Gasteiger partial charge < -0.3 is 16.0 Å². The standard InChI is InChI=1S/C16H25N3O.2ClH/c1-16(10-5-6-13-19-16)15(20)18-12-7-11-17-14-8-3-2-4-9-14;;/h2-4,8-9,17,19H,5-7,10-13H2,1H3,(H,18,20);2*1H. The maximum absolute atomic E-state index is 12.2. The van der Waals surface area contributed by atoms with Crippen molar-refractivity contribution in [1.82, 2.24) is 10.6 Å². The lowest BCUT2D eigenvalue weighted by atomic mass is 9.90. The van der Waals surface area contributed by atoms with Gasteiger partial charge >= 0.3 is 0 Å². The number of amides is 1. The van der Waals surface area contributed by atoms with Gasteiger partial charge in [0.15, 0.2) is 0 Å². The molecule has 22 heavy (non-hydrogen) atoms. The van der Waals surface area contributed by atoms with E-state index in [1.165, 1.54) is 6.42 Å². The van der Waals surface area contributed by atoms with E-state index in [4.69, 9.17) is 0 Å². The predicted molar refractivity (Wildman–Crippen MR) is 97.3 cm³/mol. The van der Waals surface area contributed by atoms with Crippen LogP contribution in [0.5, 0.6) is 0 Å². The Labute approximate surface area is 145 Å². The number of benzene rings is 1. The molecule has 0 radical (unpaired) electrons. The molecule has 1 aliphatic heterocycles. The van der Waals surface area contributed by atoms with E-state index in [9.17, 15) is 4.79 Å². The zero-order valence-electron chi connectivity index (χ0n) is 13.1. The predicted octanol–water partition coefficient (Wildman–Crippen LogP) is 2.98. The molecule has 1 amide bonds. The monoisotopic (exact) mass is 347 g/mol. The number of nitrogens with one attached hydrogen (secondary N) is 3. The number of para-hydroxylation sites is 1. The Morgan fingerprint density at radius 3 is 2.55 bits per heavy atom. The fraction of sp³-hybridized carbons (Fsp3) is 0.562. The maximum Gasteiger partial charge on any atom is 0.240 e. The highest BCUT2D eigenvalue weighted by Gasteiger charge is 2.33. The third-order valence-corrected chi connectivity index (χ3v) is 3.86. The molecule has 3 N–H and O–H groups in total. The summed E-state index contributed by atoms with van der Waals surface area (Å²) >= 11 is 0. The van der Waals surface area contributed by atoms with E-state index in [2.05, 4.69) is 16.0 Å². The van der Waals surface area contributed by atoms with Crippen LogP contribution in [0.25, 0.3) is 0 Å². The second-order valence-corrected chi connectivity index (χ2v) is 5.62. The molecule has 2 rings (SSSR count). The van der Waals surface area contributed by atoms with Gasteiger partial charge in [0.05, 0.1) is 5.54 Å². The van der Waals surface area contributed by atoms with Gasteiger partial charge in [0.25, 0.3) is 0 Å². The van der Waals surface area contributed by atoms with Gasteiger partial charge in [-0.3, -0.25) is 4.79 Å². The van der Waals surface area contributed by atoms with Crippen molar-refractivity contribution in [2.24, 2.45) is 0 Å². The van der Waals surface area contributed by atoms with Crippen molar-refractivity contribution in [3.63, 3.8) is 0 Å². The van der Waals surface area contributed by atoms with Crippen LogP contribution in [0, 0.1) is 0 Å². The zero-order valence-corrected chi connectivity index (χ0v) is 14.7. The lowest BCUT2D eigenvalue weighted by Gasteiger charge is -2.33. The third-order valence-electron chi connectivity index (χ3n) is 3.86. The van der Waals surface area contributed by atoms with E-state index < -0.39 is 0 Å². The number of halogens is 2. The molecule has 0 aliphatic carbocycles. The van der Waals surface area contributed by atoms with Crippen LogP contribution in [0.2, 0.25) is 0 Å². The molecule has 0 saturated carbocycles. The Balaban J connectivity index is 0.00000220. The number of piperidine rings is 1. The lowest BCUT2D eigenvalue weighted by molar-refractivity contribution is -0.127. The summed E-state index contributed by atoms with van der Waals surface area (Å²) in [4.78, 5) is 12.2. The summed E-state index contributed by atoms with van der Waals surface area (Å²) in [6.07, 6.45) is 4.16. The average Bonchev–Trinajstić information content (AvgIpc) is 2.48. The van der Waals surface area contributed by atoms with E-state index in [0.717, 1.165) is 44.6 Å². The number of hydrogen-bond donors (Lipinski definition) is 3. The van der Waals surface area contributed by atoms with Crippen molar-refractivity contribution in [1.29, 1.82) is 0 Å². The fourth-order valence-electron chi connectivity index (χ4n) is 2.52. The van der Waals surface area contributed by atoms with Crippen LogP contribution in [0.3, 0.4) is 0 Å². The van der Waals surface area contributed by atoms with E-state index >= 15 is 0 Å². The first kappa shape index (κ1) is 21.0. The lowest BCUT2D eigenvalue weighted by Crippen LogP contribution is -2.57. The van der Waals surface area contributed by atoms with Gasteiger partial charge in [-0.25, -0.2) is 0 Å². The number of carbonyl (C=O) groups is 1. The number of rotatable bonds is 6. The van der Waals surface area contributed by atoms with Crippen molar-refractivity contribution in [2.45, 2.75) is 38.1 Å². The molecule has 6 heteroatoms. The summed E-state index contributed by atoms with van der Waals surface area (Å²) in [7, 11) is 0. The van der Waals surface area contributed by atoms with E-state index in [1.807, 2.05) is 37.3 Å². The highest BCUT2D eigenvalue weighted by molar-refractivity contribution is 5.86. The molecule has 1 saturated heterocycles. The van der Waals surface area contributed by atoms with Crippen LogP contribution in [0.15, 0.2) is 30.3 Å². The van der Waals surface area contributed by atoms with Crippen LogP contribution in [-0.2, 0) is 4.79 Å². The summed E-state index contributed by atoms with van der Waals surface area (Å²) in [5, 5.41) is 9.71. The highest BCUT2D eigenvalue weighted by atomic mass is 35.5. The molecule has 4 nitrogen and oxygen atoms in total. The minimum Gasteiger partial charge on any atom is -0.385 e. The van der Waals surface area contributed by atoms with Crippen LogP contribution < -0.4 is 16.0 Å². The summed E-state index contributed by atoms with van der Waals surface area (Å²) in [6.45, 7) is 4.54. The number of carbonyl (C=O) groups excluding carboxylic acids is 1. The quantitative estimate of drug-likeness (QED) is 0.693. The van der Waals surface area contributed by atoms with E-state index in [0.29, 0.717) is 0 Å². The first-order valence-corrected chi connectivity index (χ1v) is 7.53. The normalized spacial score (nSPS) is 20.2. The first-order valence-electron chi connectivity index (χ1n) is 7.53. The van der Waals surface area contributed by atoms with Crippen molar-refractivity contribution in [3.8, 4) is 0 Å². The van der Waals surface area contributed by atoms with E-state index in [-0.39, 0.29) is 36.3 Å². The zero-order chi connectivity index (χ0) is 14.3. The summed E-state index contributed by atoms with van der Waals surface area (Å²) in [5.74, 6) is 0.136. The summed E-state index contributed by atoms with van der Waals surface area (Å²) in [6, 6.07) is 10.1. The Bertz CT molecular complexity index is 423. The fourth-order valence-corrected chi connectivity index (χ4v) is 2.52. The molecule has 1 aromatic carbocycles. The molecule has 0 bridgehead atoms. The first-order chi connectivity index (χ1) is 9.71. The molecule has 126 valence electrons. The molecule has 1 aromatic rings. The Morgan fingerprint density at radius 1 is 1.18 bits per heavy atom. The minimum absolute atomic E-state index is 0. The smallest absolute Gasteiger partial charge is 0.240 e. The van der Waals surface area contributed by atoms with Gasteiger partial charge in [-0.15, -0.1) is 24.8 Å². The maximum atomic E-state index is 12.2. The molecular weight excluding hydrogens is 321 g/mol. The molecule has 0 aromatic heterocycles. The molecule has 0 spiro atoms. The minimum atomic E-state index is -0.370. The number of hydrogen-bond acceptors (Lipinski definition) is 3. The van der Waals surface area contributed by atoms with Crippen molar-refractivity contribution < 1.29 is 4.79 Å². The van der Waals surface area contributed by atoms with Crippen LogP contribution >= 0.6 is 24.8 Å². The molecule has 1 aliphatic rings. The van der Waals surface area contributed by atoms with Crippen LogP contribution in [-0.4, -0.2) is 31.1 Å². The average molecular weight is 348 g/mol. The second kappa shape index (κ2) is 10.7. The molecule has 1 unspecified atom stereocenters. The van der Waals surface area contributed by atoms with Gasteiger partial charge in [-0.2, -0.15) is 0 Å². The largest absolute Gasteiger partial charge is 0.385 e. The van der Waals surface area contributed by atoms with Crippen molar-refractivity contribution in [3.05, 3.63) is 30.3 Å². The SMILES string of the molecule is CC1(C(=O)NCCCNc2ccccc2)CCCCN1.Cl.Cl. The van der Waals surface area contributed by atoms with Crippen LogP contribution in [0.4, 0.5) is 5.69 Å². The molecule has 1 heterocycles. The van der Waals surface area contributed by atoms with Crippen LogP contribution in [0.1, 0.15) is 32.6 Å². The van der Waals surface area contributed by atoms with Gasteiger partial charge in [-0.05, 0) is 51.3 Å². The Hall–Kier alpha value is -0.970. The Kier molecular flexibility index (Phi) is 10.2. The van der Waals surface area contributed by atoms with Gasteiger partial charge in [0.1, 0.15) is 0 Å². The number of anilines is 1. The van der Waals surface area contributed by atoms with Crippen molar-refractivity contribution in [2.75, 3.05) is 25.0 Å². The highest BCUT2D eigenvalue weighted by Crippen LogP contribution is 2.18. The third kappa shape index (κ3) is 6.42.